The van der Waals surface area contributed by atoms with Gasteiger partial charge < -0.3 is 10.1 Å². The molecule has 0 saturated carbocycles. The number of anilines is 1. The average molecular weight is 718 g/mol. The lowest BCUT2D eigenvalue weighted by Gasteiger charge is -2.45. The number of para-hydroxylation sites is 2. The smallest absolute Gasteiger partial charge is 0.133 e. The first kappa shape index (κ1) is 32.2. The third kappa shape index (κ3) is 4.81. The Morgan fingerprint density at radius 2 is 1.29 bits per heavy atom. The van der Waals surface area contributed by atoms with E-state index < -0.39 is 5.41 Å². The number of nitrogens with one attached hydrogen (secondary N) is 1. The molecular weight excluding hydrogens is 683 g/mol. The number of hydrogen-bond acceptors (Lipinski definition) is 4. The van der Waals surface area contributed by atoms with E-state index in [4.69, 9.17) is 9.73 Å². The lowest BCUT2D eigenvalue weighted by Crippen LogP contribution is -2.42. The quantitative estimate of drug-likeness (QED) is 0.197. The van der Waals surface area contributed by atoms with Crippen LogP contribution in [0.25, 0.3) is 33.4 Å². The van der Waals surface area contributed by atoms with E-state index >= 15 is 0 Å². The van der Waals surface area contributed by atoms with Gasteiger partial charge in [-0.2, -0.15) is 5.26 Å². The molecule has 0 fully saturated rings. The van der Waals surface area contributed by atoms with Gasteiger partial charge in [0, 0.05) is 34.4 Å². The average Bonchev–Trinajstić information content (AvgIpc) is 3.56. The Morgan fingerprint density at radius 1 is 0.625 bits per heavy atom. The minimum Gasteiger partial charge on any atom is -0.485 e. The highest BCUT2D eigenvalue weighted by atomic mass is 16.5. The van der Waals surface area contributed by atoms with Gasteiger partial charge in [0.05, 0.1) is 17.0 Å². The molecule has 2 aliphatic heterocycles. The summed E-state index contributed by atoms with van der Waals surface area (Å²) in [5, 5.41) is 13.3. The molecule has 4 heteroatoms. The van der Waals surface area contributed by atoms with Gasteiger partial charge in [-0.1, -0.05) is 146 Å². The highest BCUT2D eigenvalue weighted by Gasteiger charge is 2.54. The van der Waals surface area contributed by atoms with E-state index in [9.17, 15) is 5.26 Å². The molecule has 7 aromatic rings. The molecule has 2 heterocycles. The fourth-order valence-corrected chi connectivity index (χ4v) is 9.47. The number of nitriles is 1. The fourth-order valence-electron chi connectivity index (χ4n) is 9.47. The predicted octanol–water partition coefficient (Wildman–Crippen LogP) is 11.8. The summed E-state index contributed by atoms with van der Waals surface area (Å²) in [6.45, 7) is 0. The van der Waals surface area contributed by atoms with Crippen LogP contribution in [-0.4, -0.2) is 11.9 Å². The molecule has 1 N–H and O–H groups in total. The molecule has 2 aliphatic carbocycles. The Kier molecular flexibility index (Phi) is 7.30. The van der Waals surface area contributed by atoms with Crippen molar-refractivity contribution in [1.29, 1.82) is 5.26 Å². The number of rotatable bonds is 4. The van der Waals surface area contributed by atoms with Crippen molar-refractivity contribution in [3.05, 3.63) is 227 Å². The Hall–Kier alpha value is -7.22. The van der Waals surface area contributed by atoms with Crippen LogP contribution < -0.4 is 10.1 Å². The Labute approximate surface area is 326 Å². The van der Waals surface area contributed by atoms with Crippen molar-refractivity contribution in [2.45, 2.75) is 24.0 Å². The van der Waals surface area contributed by atoms with Crippen LogP contribution in [0.1, 0.15) is 51.4 Å². The molecule has 11 rings (SSSR count). The van der Waals surface area contributed by atoms with Gasteiger partial charge >= 0.3 is 0 Å². The summed E-state index contributed by atoms with van der Waals surface area (Å²) in [6.07, 6.45) is 7.38. The molecule has 7 aromatic carbocycles. The van der Waals surface area contributed by atoms with Crippen molar-refractivity contribution < 1.29 is 4.74 Å². The summed E-state index contributed by atoms with van der Waals surface area (Å²) in [5.74, 6) is 1.71. The minimum absolute atomic E-state index is 0.124. The maximum atomic E-state index is 9.61. The lowest BCUT2D eigenvalue weighted by atomic mass is 9.62. The van der Waals surface area contributed by atoms with Gasteiger partial charge in [0.15, 0.2) is 0 Å². The standard InChI is InChI=1S/C52H35N3O/c53-32-33-25-27-34(28-26-33)36-29-37(31-38(30-36)51-54-47-23-10-6-17-42(47)49(55-51)35-13-2-1-3-14-35)39-18-12-22-46-50(39)56-48-24-11-9-21-45(48)52(46)43-19-7-4-15-40(43)41-16-5-8-20-44(41)52/h1-23,25-31,48-49H,24H2,(H,54,55). The molecule has 0 aromatic heterocycles. The van der Waals surface area contributed by atoms with Crippen molar-refractivity contribution >= 4 is 11.5 Å². The summed E-state index contributed by atoms with van der Waals surface area (Å²) >= 11 is 0. The maximum Gasteiger partial charge on any atom is 0.133 e. The van der Waals surface area contributed by atoms with Gasteiger partial charge in [0.1, 0.15) is 23.7 Å². The Balaban J connectivity index is 1.15. The third-order valence-corrected chi connectivity index (χ3v) is 11.9. The number of benzene rings is 7. The Bertz CT molecular complexity index is 2810. The normalized spacial score (nSPS) is 17.8. The summed E-state index contributed by atoms with van der Waals surface area (Å²) < 4.78 is 7.22. The van der Waals surface area contributed by atoms with Crippen molar-refractivity contribution in [2.24, 2.45) is 4.99 Å². The number of nitrogens with zero attached hydrogens (tertiary/aromatic N) is 2. The number of fused-ring (bicyclic) bond motifs is 10. The van der Waals surface area contributed by atoms with Crippen LogP contribution in [0.5, 0.6) is 5.75 Å². The largest absolute Gasteiger partial charge is 0.485 e. The maximum absolute atomic E-state index is 9.61. The van der Waals surface area contributed by atoms with E-state index in [1.807, 2.05) is 30.3 Å². The zero-order valence-electron chi connectivity index (χ0n) is 30.5. The van der Waals surface area contributed by atoms with Crippen molar-refractivity contribution in [3.8, 4) is 45.2 Å². The highest BCUT2D eigenvalue weighted by molar-refractivity contribution is 6.11. The SMILES string of the molecule is N#Cc1ccc(-c2cc(C3=NC(c4ccccc4)c4ccccc4N3)cc(-c3cccc4c3OC3CC=CC=C3C43c4ccccc4-c4ccccc43)c2)cc1. The first-order valence-electron chi connectivity index (χ1n) is 19.2. The molecule has 264 valence electrons. The van der Waals surface area contributed by atoms with Crippen LogP contribution in [0.2, 0.25) is 0 Å². The van der Waals surface area contributed by atoms with E-state index in [0.29, 0.717) is 5.56 Å². The first-order chi connectivity index (χ1) is 27.7. The second kappa shape index (κ2) is 12.7. The van der Waals surface area contributed by atoms with Gasteiger partial charge in [-0.25, -0.2) is 0 Å². The van der Waals surface area contributed by atoms with E-state index in [1.165, 1.54) is 27.8 Å². The molecule has 0 bridgehead atoms. The summed E-state index contributed by atoms with van der Waals surface area (Å²) in [4.78, 5) is 5.43. The van der Waals surface area contributed by atoms with Gasteiger partial charge in [-0.15, -0.1) is 0 Å². The van der Waals surface area contributed by atoms with Crippen LogP contribution in [-0.2, 0) is 5.41 Å². The summed E-state index contributed by atoms with van der Waals surface area (Å²) in [5.41, 5.74) is 16.1. The highest BCUT2D eigenvalue weighted by Crippen LogP contribution is 2.62. The molecular formula is C52H35N3O. The first-order valence-corrected chi connectivity index (χ1v) is 19.2. The number of hydrogen-bond donors (Lipinski definition) is 1. The second-order valence-corrected chi connectivity index (χ2v) is 14.9. The van der Waals surface area contributed by atoms with Crippen LogP contribution in [0.15, 0.2) is 193 Å². The zero-order valence-corrected chi connectivity index (χ0v) is 30.5. The molecule has 56 heavy (non-hydrogen) atoms. The molecule has 0 amide bonds. The summed E-state index contributed by atoms with van der Waals surface area (Å²) in [6, 6.07) is 60.1. The zero-order chi connectivity index (χ0) is 37.2. The van der Waals surface area contributed by atoms with Crippen LogP contribution in [0.4, 0.5) is 5.69 Å². The molecule has 2 unspecified atom stereocenters. The number of allylic oxidation sites excluding steroid dienone is 2. The van der Waals surface area contributed by atoms with Gasteiger partial charge in [0.25, 0.3) is 0 Å². The topological polar surface area (TPSA) is 57.4 Å². The number of ether oxygens (including phenoxy) is 1. The van der Waals surface area contributed by atoms with Gasteiger partial charge in [-0.3, -0.25) is 4.99 Å². The Morgan fingerprint density at radius 3 is 2.07 bits per heavy atom. The van der Waals surface area contributed by atoms with Crippen molar-refractivity contribution in [2.75, 3.05) is 5.32 Å². The summed E-state index contributed by atoms with van der Waals surface area (Å²) in [7, 11) is 0. The van der Waals surface area contributed by atoms with Gasteiger partial charge in [-0.05, 0) is 86.5 Å². The molecule has 0 radical (unpaired) electrons. The van der Waals surface area contributed by atoms with E-state index in [-0.39, 0.29) is 12.1 Å². The number of aliphatic imine (C=N–C) groups is 1. The minimum atomic E-state index is -0.499. The fraction of sp³-hybridized carbons (Fsp3) is 0.0769. The number of amidine groups is 1. The second-order valence-electron chi connectivity index (χ2n) is 14.9. The lowest BCUT2D eigenvalue weighted by molar-refractivity contribution is 0.206. The van der Waals surface area contributed by atoms with Crippen LogP contribution in [0, 0.1) is 11.3 Å². The van der Waals surface area contributed by atoms with E-state index in [0.717, 1.165) is 68.2 Å². The van der Waals surface area contributed by atoms with E-state index in [1.54, 1.807) is 0 Å². The predicted molar refractivity (Wildman–Crippen MR) is 225 cm³/mol. The molecule has 1 spiro atoms. The van der Waals surface area contributed by atoms with Crippen LogP contribution >= 0.6 is 0 Å². The van der Waals surface area contributed by atoms with Crippen LogP contribution in [0.3, 0.4) is 0 Å². The van der Waals surface area contributed by atoms with Crippen molar-refractivity contribution in [1.82, 2.24) is 0 Å². The monoisotopic (exact) mass is 717 g/mol. The molecule has 0 saturated heterocycles. The molecule has 4 nitrogen and oxygen atoms in total. The van der Waals surface area contributed by atoms with Gasteiger partial charge in [0.2, 0.25) is 0 Å². The van der Waals surface area contributed by atoms with E-state index in [2.05, 4.69) is 163 Å². The molecule has 2 atom stereocenters. The van der Waals surface area contributed by atoms with Crippen molar-refractivity contribution in [3.63, 3.8) is 0 Å². The third-order valence-electron chi connectivity index (χ3n) is 11.9. The molecule has 4 aliphatic rings.